The minimum absolute atomic E-state index is 0.0641. The summed E-state index contributed by atoms with van der Waals surface area (Å²) in [7, 11) is 0. The summed E-state index contributed by atoms with van der Waals surface area (Å²) in [6.45, 7) is 1.03. The van der Waals surface area contributed by atoms with Crippen LogP contribution in [0.15, 0.2) is 18.2 Å². The Morgan fingerprint density at radius 3 is 2.61 bits per heavy atom. The maximum absolute atomic E-state index is 12.5. The molecule has 2 rings (SSSR count). The lowest BCUT2D eigenvalue weighted by atomic mass is 9.96. The lowest BCUT2D eigenvalue weighted by Crippen LogP contribution is -2.45. The topological polar surface area (TPSA) is 52.6 Å². The van der Waals surface area contributed by atoms with E-state index in [4.69, 9.17) is 28.3 Å². The number of nitrogens with zero attached hydrogens (tertiary/aromatic N) is 1. The Morgan fingerprint density at radius 1 is 1.22 bits per heavy atom. The lowest BCUT2D eigenvalue weighted by Gasteiger charge is -2.28. The number of amides is 2. The minimum Gasteiger partial charge on any atom is -0.396 e. The number of hydrogen-bond acceptors (Lipinski definition) is 2. The summed E-state index contributed by atoms with van der Waals surface area (Å²) >= 11 is 12.0. The van der Waals surface area contributed by atoms with Crippen LogP contribution in [0.5, 0.6) is 0 Å². The van der Waals surface area contributed by atoms with E-state index < -0.39 is 0 Å². The van der Waals surface area contributed by atoms with Gasteiger partial charge in [0.05, 0.1) is 10.0 Å². The van der Waals surface area contributed by atoms with E-state index in [1.54, 1.807) is 17.0 Å². The van der Waals surface area contributed by atoms with E-state index in [1.807, 2.05) is 6.07 Å². The van der Waals surface area contributed by atoms with Crippen molar-refractivity contribution in [3.63, 3.8) is 0 Å². The van der Waals surface area contributed by atoms with Gasteiger partial charge in [-0.2, -0.15) is 0 Å². The van der Waals surface area contributed by atoms with Crippen LogP contribution in [0.25, 0.3) is 0 Å². The molecule has 2 N–H and O–H groups in total. The Labute approximate surface area is 147 Å². The minimum atomic E-state index is -0.0728. The molecule has 1 aromatic carbocycles. The van der Waals surface area contributed by atoms with Gasteiger partial charge >= 0.3 is 6.03 Å². The second-order valence-electron chi connectivity index (χ2n) is 6.03. The SMILES string of the molecule is O=C(NC1CCCCC1)N(CCCO)Cc1ccc(Cl)c(Cl)c1. The Morgan fingerprint density at radius 2 is 1.96 bits per heavy atom. The maximum Gasteiger partial charge on any atom is 0.317 e. The average Bonchev–Trinajstić information content (AvgIpc) is 2.55. The number of benzene rings is 1. The normalized spacial score (nSPS) is 15.4. The fourth-order valence-electron chi connectivity index (χ4n) is 2.89. The van der Waals surface area contributed by atoms with E-state index in [0.717, 1.165) is 18.4 Å². The summed E-state index contributed by atoms with van der Waals surface area (Å²) in [6.07, 6.45) is 6.25. The largest absolute Gasteiger partial charge is 0.396 e. The molecule has 0 atom stereocenters. The van der Waals surface area contributed by atoms with Crippen molar-refractivity contribution < 1.29 is 9.90 Å². The molecule has 23 heavy (non-hydrogen) atoms. The molecular weight excluding hydrogens is 335 g/mol. The summed E-state index contributed by atoms with van der Waals surface area (Å²) in [4.78, 5) is 14.3. The van der Waals surface area contributed by atoms with Gasteiger partial charge in [0.25, 0.3) is 0 Å². The number of rotatable bonds is 6. The van der Waals surface area contributed by atoms with Crippen molar-refractivity contribution in [2.24, 2.45) is 0 Å². The Balaban J connectivity index is 1.99. The van der Waals surface area contributed by atoms with Crippen LogP contribution in [0.1, 0.15) is 44.1 Å². The molecule has 0 bridgehead atoms. The van der Waals surface area contributed by atoms with Crippen molar-refractivity contribution in [3.05, 3.63) is 33.8 Å². The van der Waals surface area contributed by atoms with Gasteiger partial charge in [-0.25, -0.2) is 4.79 Å². The molecule has 0 spiro atoms. The van der Waals surface area contributed by atoms with E-state index >= 15 is 0 Å². The molecule has 1 fully saturated rings. The summed E-state index contributed by atoms with van der Waals surface area (Å²) in [6, 6.07) is 5.58. The van der Waals surface area contributed by atoms with E-state index in [2.05, 4.69) is 5.32 Å². The number of carbonyl (C=O) groups is 1. The Hall–Kier alpha value is -0.970. The number of nitrogens with one attached hydrogen (secondary N) is 1. The van der Waals surface area contributed by atoms with Gasteiger partial charge in [-0.1, -0.05) is 48.5 Å². The van der Waals surface area contributed by atoms with Gasteiger partial charge in [0.15, 0.2) is 0 Å². The molecule has 0 unspecified atom stereocenters. The molecule has 0 aromatic heterocycles. The highest BCUT2D eigenvalue weighted by molar-refractivity contribution is 6.42. The number of aliphatic hydroxyl groups is 1. The number of carbonyl (C=O) groups excluding carboxylic acids is 1. The van der Waals surface area contributed by atoms with Gasteiger partial charge in [-0.15, -0.1) is 0 Å². The molecule has 0 radical (unpaired) electrons. The standard InChI is InChI=1S/C17H24Cl2N2O2/c18-15-8-7-13(11-16(15)19)12-21(9-4-10-22)17(23)20-14-5-2-1-3-6-14/h7-8,11,14,22H,1-6,9-10,12H2,(H,20,23). The molecule has 128 valence electrons. The zero-order chi connectivity index (χ0) is 16.7. The monoisotopic (exact) mass is 358 g/mol. The first kappa shape index (κ1) is 18.4. The van der Waals surface area contributed by atoms with Crippen LogP contribution in [-0.4, -0.2) is 35.2 Å². The van der Waals surface area contributed by atoms with Crippen molar-refractivity contribution >= 4 is 29.2 Å². The van der Waals surface area contributed by atoms with E-state index in [0.29, 0.717) is 29.6 Å². The fraction of sp³-hybridized carbons (Fsp3) is 0.588. The van der Waals surface area contributed by atoms with Crippen molar-refractivity contribution in [3.8, 4) is 0 Å². The van der Waals surface area contributed by atoms with Gasteiger partial charge in [-0.3, -0.25) is 0 Å². The molecule has 1 aliphatic carbocycles. The highest BCUT2D eigenvalue weighted by atomic mass is 35.5. The third-order valence-electron chi connectivity index (χ3n) is 4.16. The first-order valence-electron chi connectivity index (χ1n) is 8.20. The number of aliphatic hydroxyl groups excluding tert-OH is 1. The van der Waals surface area contributed by atoms with Gasteiger partial charge in [0.1, 0.15) is 0 Å². The van der Waals surface area contributed by atoms with Crippen LogP contribution < -0.4 is 5.32 Å². The van der Waals surface area contributed by atoms with Crippen LogP contribution in [0.4, 0.5) is 4.79 Å². The van der Waals surface area contributed by atoms with Crippen LogP contribution in [0, 0.1) is 0 Å². The molecule has 0 heterocycles. The van der Waals surface area contributed by atoms with Crippen LogP contribution in [-0.2, 0) is 6.54 Å². The second-order valence-corrected chi connectivity index (χ2v) is 6.85. The number of hydrogen-bond donors (Lipinski definition) is 2. The Kier molecular flexibility index (Phi) is 7.47. The van der Waals surface area contributed by atoms with Gasteiger partial charge in [-0.05, 0) is 37.0 Å². The van der Waals surface area contributed by atoms with Crippen LogP contribution in [0.2, 0.25) is 10.0 Å². The third kappa shape index (κ3) is 5.87. The smallest absolute Gasteiger partial charge is 0.317 e. The molecule has 1 aromatic rings. The summed E-state index contributed by atoms with van der Waals surface area (Å²) in [5, 5.41) is 13.2. The van der Waals surface area contributed by atoms with Gasteiger partial charge in [0.2, 0.25) is 0 Å². The zero-order valence-corrected chi connectivity index (χ0v) is 14.7. The molecule has 0 aliphatic heterocycles. The Bertz CT molecular complexity index is 519. The third-order valence-corrected chi connectivity index (χ3v) is 4.90. The summed E-state index contributed by atoms with van der Waals surface area (Å²) < 4.78 is 0. The molecule has 4 nitrogen and oxygen atoms in total. The van der Waals surface area contributed by atoms with Crippen molar-refractivity contribution in [2.75, 3.05) is 13.2 Å². The lowest BCUT2D eigenvalue weighted by molar-refractivity contribution is 0.179. The highest BCUT2D eigenvalue weighted by Crippen LogP contribution is 2.23. The first-order valence-corrected chi connectivity index (χ1v) is 8.96. The second kappa shape index (κ2) is 9.36. The van der Waals surface area contributed by atoms with E-state index in [-0.39, 0.29) is 18.7 Å². The zero-order valence-electron chi connectivity index (χ0n) is 13.2. The van der Waals surface area contributed by atoms with E-state index in [9.17, 15) is 4.79 Å². The summed E-state index contributed by atoms with van der Waals surface area (Å²) in [5.41, 5.74) is 0.927. The predicted octanol–water partition coefficient (Wildman–Crippen LogP) is 4.22. The van der Waals surface area contributed by atoms with Crippen molar-refractivity contribution in [1.29, 1.82) is 0 Å². The highest BCUT2D eigenvalue weighted by Gasteiger charge is 2.20. The van der Waals surface area contributed by atoms with Gasteiger partial charge < -0.3 is 15.3 Å². The van der Waals surface area contributed by atoms with Crippen LogP contribution in [0.3, 0.4) is 0 Å². The molecule has 6 heteroatoms. The molecule has 0 saturated heterocycles. The average molecular weight is 359 g/mol. The quantitative estimate of drug-likeness (QED) is 0.799. The van der Waals surface area contributed by atoms with Crippen molar-refractivity contribution in [2.45, 2.75) is 51.1 Å². The number of urea groups is 1. The molecular formula is C17H24Cl2N2O2. The molecule has 2 amide bonds. The fourth-order valence-corrected chi connectivity index (χ4v) is 3.21. The van der Waals surface area contributed by atoms with E-state index in [1.165, 1.54) is 19.3 Å². The van der Waals surface area contributed by atoms with Gasteiger partial charge in [0, 0.05) is 25.7 Å². The molecule has 1 aliphatic rings. The maximum atomic E-state index is 12.5. The van der Waals surface area contributed by atoms with Crippen LogP contribution >= 0.6 is 23.2 Å². The summed E-state index contributed by atoms with van der Waals surface area (Å²) in [5.74, 6) is 0. The van der Waals surface area contributed by atoms with Crippen molar-refractivity contribution in [1.82, 2.24) is 10.2 Å². The molecule has 1 saturated carbocycles. The first-order chi connectivity index (χ1) is 11.1. The predicted molar refractivity (Wildman–Crippen MR) is 94.0 cm³/mol. The number of halogens is 2.